The summed E-state index contributed by atoms with van der Waals surface area (Å²) in [7, 11) is 6.70. The van der Waals surface area contributed by atoms with Gasteiger partial charge in [-0.25, -0.2) is 0 Å². The highest BCUT2D eigenvalue weighted by Gasteiger charge is 2.48. The molecule has 0 saturated carbocycles. The molecule has 0 aromatic rings. The molecule has 4 aliphatic rings. The highest BCUT2D eigenvalue weighted by molar-refractivity contribution is 4.95. The molecule has 8 atom stereocenters. The van der Waals surface area contributed by atoms with Gasteiger partial charge >= 0.3 is 0 Å². The number of rotatable bonds is 4. The molecule has 2 unspecified atom stereocenters. The average Bonchev–Trinajstić information content (AvgIpc) is 3.35. The van der Waals surface area contributed by atoms with E-state index in [1.165, 1.54) is 0 Å². The highest BCUT2D eigenvalue weighted by atomic mass is 16.7. The molecule has 140 valence electrons. The van der Waals surface area contributed by atoms with Gasteiger partial charge in [-0.15, -0.1) is 0 Å². The lowest BCUT2D eigenvalue weighted by molar-refractivity contribution is -0.144. The number of hydrogen-bond donors (Lipinski definition) is 0. The average molecular weight is 348 g/mol. The molecular weight excluding hydrogens is 320 g/mol. The number of ether oxygens (including phenoxy) is 8. The van der Waals surface area contributed by atoms with Crippen LogP contribution in [0.25, 0.3) is 0 Å². The molecular formula is C16H28O8. The molecule has 0 spiro atoms. The molecule has 4 aliphatic heterocycles. The van der Waals surface area contributed by atoms with Crippen molar-refractivity contribution in [2.75, 3.05) is 54.9 Å². The summed E-state index contributed by atoms with van der Waals surface area (Å²) in [5.74, 6) is 0.347. The summed E-state index contributed by atoms with van der Waals surface area (Å²) in [6, 6.07) is 0. The Balaban J connectivity index is 0.000000141. The zero-order valence-electron chi connectivity index (χ0n) is 14.7. The van der Waals surface area contributed by atoms with Crippen LogP contribution in [0.2, 0.25) is 0 Å². The van der Waals surface area contributed by atoms with Crippen molar-refractivity contribution in [1.29, 1.82) is 0 Å². The Morgan fingerprint density at radius 3 is 1.54 bits per heavy atom. The molecule has 0 N–H and O–H groups in total. The van der Waals surface area contributed by atoms with E-state index < -0.39 is 0 Å². The Hall–Kier alpha value is -0.320. The van der Waals surface area contributed by atoms with Crippen LogP contribution in [0.4, 0.5) is 0 Å². The van der Waals surface area contributed by atoms with Gasteiger partial charge in [-0.3, -0.25) is 0 Å². The van der Waals surface area contributed by atoms with Gasteiger partial charge in [-0.2, -0.15) is 0 Å². The van der Waals surface area contributed by atoms with Crippen LogP contribution < -0.4 is 0 Å². The van der Waals surface area contributed by atoms with E-state index in [0.29, 0.717) is 32.3 Å². The number of methoxy groups -OCH3 is 4. The molecule has 24 heavy (non-hydrogen) atoms. The summed E-state index contributed by atoms with van der Waals surface area (Å²) in [4.78, 5) is 0. The van der Waals surface area contributed by atoms with E-state index in [0.717, 1.165) is 0 Å². The van der Waals surface area contributed by atoms with Crippen LogP contribution in [0.1, 0.15) is 0 Å². The minimum absolute atomic E-state index is 0.0694. The van der Waals surface area contributed by atoms with Crippen LogP contribution in [0.15, 0.2) is 0 Å². The second-order valence-electron chi connectivity index (χ2n) is 6.32. The van der Waals surface area contributed by atoms with E-state index in [-0.39, 0.29) is 42.9 Å². The van der Waals surface area contributed by atoms with E-state index in [2.05, 4.69) is 0 Å². The second-order valence-corrected chi connectivity index (χ2v) is 6.32. The zero-order valence-corrected chi connectivity index (χ0v) is 14.7. The molecule has 0 radical (unpaired) electrons. The Labute approximate surface area is 142 Å². The molecule has 0 aromatic carbocycles. The van der Waals surface area contributed by atoms with Crippen molar-refractivity contribution in [2.24, 2.45) is 5.92 Å². The van der Waals surface area contributed by atoms with Gasteiger partial charge in [-0.05, 0) is 0 Å². The van der Waals surface area contributed by atoms with Crippen molar-refractivity contribution >= 4 is 0 Å². The van der Waals surface area contributed by atoms with Gasteiger partial charge in [0.05, 0.1) is 32.5 Å². The standard InChI is InChI=1S/2C8H14O4/c1-9-5-3-11-8-6(10-2)4-12-7(5)8;1-9-6-4-11-7-5(6)3-12-8(7)10-2/h2*5-8H,3-4H2,1-2H3/t5-,6+,7?,8?;5-,6-,7+,8-/m.1/s1. The smallest absolute Gasteiger partial charge is 0.183 e. The third-order valence-electron chi connectivity index (χ3n) is 5.18. The molecule has 4 saturated heterocycles. The molecule has 4 rings (SSSR count). The van der Waals surface area contributed by atoms with E-state index in [4.69, 9.17) is 37.9 Å². The van der Waals surface area contributed by atoms with Crippen molar-refractivity contribution in [1.82, 2.24) is 0 Å². The predicted octanol–water partition coefficient (Wildman–Crippen LogP) is -0.167. The van der Waals surface area contributed by atoms with Crippen LogP contribution in [0.3, 0.4) is 0 Å². The van der Waals surface area contributed by atoms with Gasteiger partial charge in [0.15, 0.2) is 6.29 Å². The van der Waals surface area contributed by atoms with Crippen molar-refractivity contribution < 1.29 is 37.9 Å². The fourth-order valence-electron chi connectivity index (χ4n) is 3.73. The predicted molar refractivity (Wildman–Crippen MR) is 81.9 cm³/mol. The minimum Gasteiger partial charge on any atom is -0.379 e. The van der Waals surface area contributed by atoms with Crippen LogP contribution in [-0.2, 0) is 37.9 Å². The highest BCUT2D eigenvalue weighted by Crippen LogP contribution is 2.33. The molecule has 4 heterocycles. The molecule has 0 aromatic heterocycles. The van der Waals surface area contributed by atoms with E-state index in [1.807, 2.05) is 0 Å². The first-order chi connectivity index (χ1) is 11.7. The van der Waals surface area contributed by atoms with Gasteiger partial charge in [0.2, 0.25) is 0 Å². The monoisotopic (exact) mass is 348 g/mol. The molecule has 0 aliphatic carbocycles. The van der Waals surface area contributed by atoms with Gasteiger partial charge < -0.3 is 37.9 Å². The third kappa shape index (κ3) is 3.47. The molecule has 4 fully saturated rings. The van der Waals surface area contributed by atoms with Crippen molar-refractivity contribution in [3.63, 3.8) is 0 Å². The molecule has 0 amide bonds. The van der Waals surface area contributed by atoms with E-state index in [1.54, 1.807) is 28.4 Å². The first kappa shape index (κ1) is 18.5. The summed E-state index contributed by atoms with van der Waals surface area (Å²) < 4.78 is 42.7. The lowest BCUT2D eigenvalue weighted by atomic mass is 10.0. The Bertz CT molecular complexity index is 322. The SMILES string of the molecule is CO[C@@H]1OC[C@H]2[C@@H]1OC[C@H]2OC.CO[C@H]1COC2C1OC[C@H]2OC. The number of hydrogen-bond acceptors (Lipinski definition) is 8. The van der Waals surface area contributed by atoms with Crippen molar-refractivity contribution in [2.45, 2.75) is 42.9 Å². The van der Waals surface area contributed by atoms with Gasteiger partial charge in [0.1, 0.15) is 30.5 Å². The molecule has 8 nitrogen and oxygen atoms in total. The van der Waals surface area contributed by atoms with Crippen molar-refractivity contribution in [3.05, 3.63) is 0 Å². The molecule has 0 bridgehead atoms. The summed E-state index contributed by atoms with van der Waals surface area (Å²) in [5.41, 5.74) is 0. The summed E-state index contributed by atoms with van der Waals surface area (Å²) >= 11 is 0. The Morgan fingerprint density at radius 2 is 1.04 bits per heavy atom. The minimum atomic E-state index is -0.199. The topological polar surface area (TPSA) is 73.8 Å². The summed E-state index contributed by atoms with van der Waals surface area (Å²) in [5, 5.41) is 0. The fourth-order valence-corrected chi connectivity index (χ4v) is 3.73. The third-order valence-corrected chi connectivity index (χ3v) is 5.18. The van der Waals surface area contributed by atoms with Gasteiger partial charge in [0, 0.05) is 34.4 Å². The van der Waals surface area contributed by atoms with E-state index in [9.17, 15) is 0 Å². The first-order valence-corrected chi connectivity index (χ1v) is 8.31. The lowest BCUT2D eigenvalue weighted by Crippen LogP contribution is -2.32. The van der Waals surface area contributed by atoms with Crippen LogP contribution in [-0.4, -0.2) is 97.8 Å². The first-order valence-electron chi connectivity index (χ1n) is 8.31. The Kier molecular flexibility index (Phi) is 6.44. The van der Waals surface area contributed by atoms with Crippen molar-refractivity contribution in [3.8, 4) is 0 Å². The largest absolute Gasteiger partial charge is 0.379 e. The Morgan fingerprint density at radius 1 is 0.542 bits per heavy atom. The van der Waals surface area contributed by atoms with Gasteiger partial charge in [-0.1, -0.05) is 0 Å². The second kappa shape index (κ2) is 8.37. The zero-order chi connectivity index (χ0) is 17.1. The van der Waals surface area contributed by atoms with Gasteiger partial charge in [0.25, 0.3) is 0 Å². The summed E-state index contributed by atoms with van der Waals surface area (Å²) in [6.07, 6.45) is 0.343. The van der Waals surface area contributed by atoms with Crippen LogP contribution in [0, 0.1) is 5.92 Å². The van der Waals surface area contributed by atoms with Crippen LogP contribution >= 0.6 is 0 Å². The summed E-state index contributed by atoms with van der Waals surface area (Å²) in [6.45, 7) is 2.58. The van der Waals surface area contributed by atoms with E-state index >= 15 is 0 Å². The maximum Gasteiger partial charge on any atom is 0.183 e. The normalized spacial score (nSPS) is 46.5. The maximum atomic E-state index is 5.51. The quantitative estimate of drug-likeness (QED) is 0.694. The number of fused-ring (bicyclic) bond motifs is 2. The van der Waals surface area contributed by atoms with Crippen LogP contribution in [0.5, 0.6) is 0 Å². The molecule has 8 heteroatoms. The fraction of sp³-hybridized carbons (Fsp3) is 1.00. The maximum absolute atomic E-state index is 5.51. The lowest BCUT2D eigenvalue weighted by Gasteiger charge is -2.14.